The van der Waals surface area contributed by atoms with Crippen LogP contribution >= 0.6 is 11.6 Å². The normalized spacial score (nSPS) is 16.7. The summed E-state index contributed by atoms with van der Waals surface area (Å²) in [5, 5.41) is 7.10. The van der Waals surface area contributed by atoms with Crippen LogP contribution in [0.2, 0.25) is 0 Å². The minimum atomic E-state index is -0.0763. The number of nitrogens with zero attached hydrogens (tertiary/aromatic N) is 2. The second-order valence-electron chi connectivity index (χ2n) is 4.91. The second kappa shape index (κ2) is 4.28. The molecule has 94 valence electrons. The molecule has 1 N–H and O–H groups in total. The molecule has 0 radical (unpaired) electrons. The molecule has 2 aromatic rings. The molecular weight excluding hydrogens is 250 g/mol. The van der Waals surface area contributed by atoms with E-state index in [0.29, 0.717) is 18.0 Å². The van der Waals surface area contributed by atoms with Crippen LogP contribution in [-0.2, 0) is 0 Å². The van der Waals surface area contributed by atoms with E-state index in [1.807, 2.05) is 24.4 Å². The smallest absolute Gasteiger partial charge is 0.255 e. The van der Waals surface area contributed by atoms with Crippen LogP contribution < -0.4 is 5.32 Å². The van der Waals surface area contributed by atoms with Crippen LogP contribution in [0.4, 0.5) is 0 Å². The number of aromatic nitrogens is 2. The number of carbonyl (C=O) groups is 1. The van der Waals surface area contributed by atoms with Crippen molar-refractivity contribution in [1.29, 1.82) is 0 Å². The predicted molar refractivity (Wildman–Crippen MR) is 69.9 cm³/mol. The Morgan fingerprint density at radius 3 is 3.06 bits per heavy atom. The molecule has 2 heterocycles. The highest BCUT2D eigenvalue weighted by atomic mass is 35.5. The van der Waals surface area contributed by atoms with Gasteiger partial charge in [0.25, 0.3) is 5.91 Å². The minimum Gasteiger partial charge on any atom is -0.351 e. The lowest BCUT2D eigenvalue weighted by Crippen LogP contribution is -2.30. The second-order valence-corrected chi connectivity index (χ2v) is 5.17. The number of halogens is 1. The highest BCUT2D eigenvalue weighted by molar-refractivity contribution is 6.18. The van der Waals surface area contributed by atoms with Crippen molar-refractivity contribution < 1.29 is 4.79 Å². The number of rotatable bonds is 4. The maximum absolute atomic E-state index is 12.1. The molecule has 0 spiro atoms. The topological polar surface area (TPSA) is 46.4 Å². The molecule has 0 aromatic carbocycles. The molecule has 18 heavy (non-hydrogen) atoms. The van der Waals surface area contributed by atoms with Crippen molar-refractivity contribution in [3.05, 3.63) is 36.2 Å². The van der Waals surface area contributed by atoms with E-state index in [-0.39, 0.29) is 11.3 Å². The summed E-state index contributed by atoms with van der Waals surface area (Å²) >= 11 is 5.89. The zero-order valence-electron chi connectivity index (χ0n) is 9.90. The van der Waals surface area contributed by atoms with Gasteiger partial charge >= 0.3 is 0 Å². The summed E-state index contributed by atoms with van der Waals surface area (Å²) in [6, 6.07) is 5.67. The first-order valence-electron chi connectivity index (χ1n) is 6.01. The molecule has 1 aliphatic rings. The molecule has 0 aliphatic heterocycles. The molecule has 5 heteroatoms. The predicted octanol–water partition coefficient (Wildman–Crippen LogP) is 2.08. The molecule has 0 saturated heterocycles. The van der Waals surface area contributed by atoms with Gasteiger partial charge < -0.3 is 5.32 Å². The first-order valence-corrected chi connectivity index (χ1v) is 6.54. The third-order valence-electron chi connectivity index (χ3n) is 3.54. The SMILES string of the molecule is O=C(NCC1(CCl)CC1)c1cnn2ccccc12. The number of alkyl halides is 1. The van der Waals surface area contributed by atoms with Crippen molar-refractivity contribution in [2.45, 2.75) is 12.8 Å². The van der Waals surface area contributed by atoms with E-state index in [4.69, 9.17) is 11.6 Å². The number of fused-ring (bicyclic) bond motifs is 1. The number of nitrogens with one attached hydrogen (secondary N) is 1. The lowest BCUT2D eigenvalue weighted by Gasteiger charge is -2.11. The summed E-state index contributed by atoms with van der Waals surface area (Å²) in [7, 11) is 0. The van der Waals surface area contributed by atoms with Crippen molar-refractivity contribution in [3.63, 3.8) is 0 Å². The zero-order valence-corrected chi connectivity index (χ0v) is 10.7. The average molecular weight is 264 g/mol. The summed E-state index contributed by atoms with van der Waals surface area (Å²) < 4.78 is 1.70. The fourth-order valence-corrected chi connectivity index (χ4v) is 2.37. The molecule has 1 saturated carbocycles. The molecule has 0 bridgehead atoms. The fraction of sp³-hybridized carbons (Fsp3) is 0.385. The first kappa shape index (κ1) is 11.5. The van der Waals surface area contributed by atoms with Gasteiger partial charge in [-0.15, -0.1) is 11.6 Å². The maximum atomic E-state index is 12.1. The van der Waals surface area contributed by atoms with Crippen LogP contribution in [0.15, 0.2) is 30.6 Å². The van der Waals surface area contributed by atoms with Crippen LogP contribution in [0.25, 0.3) is 5.52 Å². The van der Waals surface area contributed by atoms with Gasteiger partial charge in [-0.05, 0) is 25.0 Å². The van der Waals surface area contributed by atoms with Gasteiger partial charge in [-0.25, -0.2) is 4.52 Å². The van der Waals surface area contributed by atoms with Crippen LogP contribution in [0.3, 0.4) is 0 Å². The van der Waals surface area contributed by atoms with E-state index in [1.54, 1.807) is 10.7 Å². The largest absolute Gasteiger partial charge is 0.351 e. The van der Waals surface area contributed by atoms with E-state index in [0.717, 1.165) is 18.4 Å². The van der Waals surface area contributed by atoms with E-state index in [2.05, 4.69) is 10.4 Å². The highest BCUT2D eigenvalue weighted by Crippen LogP contribution is 2.45. The zero-order chi connectivity index (χ0) is 12.6. The highest BCUT2D eigenvalue weighted by Gasteiger charge is 2.41. The fourth-order valence-electron chi connectivity index (χ4n) is 2.01. The first-order chi connectivity index (χ1) is 8.74. The van der Waals surface area contributed by atoms with Gasteiger partial charge in [0.05, 0.1) is 17.3 Å². The molecule has 1 amide bonds. The van der Waals surface area contributed by atoms with Crippen LogP contribution in [0, 0.1) is 5.41 Å². The number of carbonyl (C=O) groups excluding carboxylic acids is 1. The summed E-state index contributed by atoms with van der Waals surface area (Å²) in [4.78, 5) is 12.1. The molecule has 2 aromatic heterocycles. The minimum absolute atomic E-state index is 0.0763. The van der Waals surface area contributed by atoms with Gasteiger partial charge in [-0.2, -0.15) is 5.10 Å². The third-order valence-corrected chi connectivity index (χ3v) is 4.10. The van der Waals surface area contributed by atoms with Crippen molar-refractivity contribution in [2.24, 2.45) is 5.41 Å². The summed E-state index contributed by atoms with van der Waals surface area (Å²) in [6.45, 7) is 0.652. The Bertz CT molecular complexity index is 589. The standard InChI is InChI=1S/C13H14ClN3O/c14-8-13(4-5-13)9-15-12(18)10-7-16-17-6-2-1-3-11(10)17/h1-3,6-7H,4-5,8-9H2,(H,15,18). The molecule has 1 fully saturated rings. The number of amides is 1. The van der Waals surface area contributed by atoms with E-state index < -0.39 is 0 Å². The van der Waals surface area contributed by atoms with Crippen LogP contribution in [-0.4, -0.2) is 27.9 Å². The molecule has 4 nitrogen and oxygen atoms in total. The Hall–Kier alpha value is -1.55. The number of pyridine rings is 1. The van der Waals surface area contributed by atoms with Gasteiger partial charge in [0.15, 0.2) is 0 Å². The van der Waals surface area contributed by atoms with Crippen molar-refractivity contribution in [1.82, 2.24) is 14.9 Å². The summed E-state index contributed by atoms with van der Waals surface area (Å²) in [6.07, 6.45) is 5.63. The van der Waals surface area contributed by atoms with E-state index in [1.165, 1.54) is 0 Å². The number of hydrogen-bond acceptors (Lipinski definition) is 2. The monoisotopic (exact) mass is 263 g/mol. The van der Waals surface area contributed by atoms with Crippen LogP contribution in [0.5, 0.6) is 0 Å². The lowest BCUT2D eigenvalue weighted by atomic mass is 10.1. The maximum Gasteiger partial charge on any atom is 0.255 e. The molecule has 3 rings (SSSR count). The third kappa shape index (κ3) is 1.97. The Balaban J connectivity index is 1.76. The van der Waals surface area contributed by atoms with Crippen molar-refractivity contribution >= 4 is 23.0 Å². The number of hydrogen-bond donors (Lipinski definition) is 1. The Morgan fingerprint density at radius 1 is 1.50 bits per heavy atom. The van der Waals surface area contributed by atoms with Crippen molar-refractivity contribution in [3.8, 4) is 0 Å². The molecule has 1 aliphatic carbocycles. The van der Waals surface area contributed by atoms with E-state index >= 15 is 0 Å². The van der Waals surface area contributed by atoms with Gasteiger partial charge in [0.1, 0.15) is 0 Å². The summed E-state index contributed by atoms with van der Waals surface area (Å²) in [5.74, 6) is 0.537. The van der Waals surface area contributed by atoms with Gasteiger partial charge in [0, 0.05) is 24.0 Å². The quantitative estimate of drug-likeness (QED) is 0.859. The molecular formula is C13H14ClN3O. The molecule has 0 unspecified atom stereocenters. The van der Waals surface area contributed by atoms with Gasteiger partial charge in [-0.3, -0.25) is 4.79 Å². The molecule has 0 atom stereocenters. The summed E-state index contributed by atoms with van der Waals surface area (Å²) in [5.41, 5.74) is 1.58. The Labute approximate surface area is 110 Å². The van der Waals surface area contributed by atoms with Gasteiger partial charge in [0.2, 0.25) is 0 Å². The Morgan fingerprint density at radius 2 is 2.33 bits per heavy atom. The van der Waals surface area contributed by atoms with Crippen LogP contribution in [0.1, 0.15) is 23.2 Å². The van der Waals surface area contributed by atoms with Gasteiger partial charge in [-0.1, -0.05) is 6.07 Å². The Kier molecular flexibility index (Phi) is 2.74. The van der Waals surface area contributed by atoms with E-state index in [9.17, 15) is 4.79 Å². The average Bonchev–Trinajstić information content (AvgIpc) is 3.07. The van der Waals surface area contributed by atoms with Crippen molar-refractivity contribution in [2.75, 3.05) is 12.4 Å². The lowest BCUT2D eigenvalue weighted by molar-refractivity contribution is 0.0948.